The molecule has 7 nitrogen and oxygen atoms in total. The van der Waals surface area contributed by atoms with Gasteiger partial charge in [-0.25, -0.2) is 22.5 Å². The van der Waals surface area contributed by atoms with E-state index in [4.69, 9.17) is 0 Å². The zero-order valence-electron chi connectivity index (χ0n) is 15.4. The predicted octanol–water partition coefficient (Wildman–Crippen LogP) is 3.38. The monoisotopic (exact) mass is 416 g/mol. The Morgan fingerprint density at radius 1 is 1.07 bits per heavy atom. The van der Waals surface area contributed by atoms with E-state index in [-0.39, 0.29) is 11.4 Å². The molecular weight excluding hydrogens is 396 g/mol. The first-order valence-electron chi connectivity index (χ1n) is 8.44. The smallest absolute Gasteiger partial charge is 0.321 e. The molecule has 0 atom stereocenters. The molecule has 0 fully saturated rings. The number of hydrogen-bond acceptors (Lipinski definition) is 5. The molecule has 0 aliphatic heterocycles. The Bertz CT molecular complexity index is 1060. The number of anilines is 1. The number of thiazole rings is 1. The van der Waals surface area contributed by atoms with Crippen molar-refractivity contribution >= 4 is 32.5 Å². The summed E-state index contributed by atoms with van der Waals surface area (Å²) in [6.45, 7) is 0.0754. The number of aromatic nitrogens is 1. The minimum atomic E-state index is -3.59. The van der Waals surface area contributed by atoms with Crippen molar-refractivity contribution in [2.24, 2.45) is 0 Å². The van der Waals surface area contributed by atoms with Gasteiger partial charge < -0.3 is 5.32 Å². The molecule has 9 heteroatoms. The zero-order chi connectivity index (χ0) is 20.1. The molecule has 1 aromatic heterocycles. The summed E-state index contributed by atoms with van der Waals surface area (Å²) in [4.78, 5) is 16.8. The maximum Gasteiger partial charge on any atom is 0.321 e. The highest BCUT2D eigenvalue weighted by molar-refractivity contribution is 7.89. The van der Waals surface area contributed by atoms with Crippen molar-refractivity contribution in [1.82, 2.24) is 14.6 Å². The predicted molar refractivity (Wildman–Crippen MR) is 111 cm³/mol. The number of hydrogen-bond donors (Lipinski definition) is 2. The lowest BCUT2D eigenvalue weighted by Crippen LogP contribution is -2.30. The Labute approximate surface area is 168 Å². The average molecular weight is 417 g/mol. The summed E-state index contributed by atoms with van der Waals surface area (Å²) in [7, 11) is -0.648. The van der Waals surface area contributed by atoms with Crippen molar-refractivity contribution in [3.05, 3.63) is 65.5 Å². The normalized spacial score (nSPS) is 11.4. The van der Waals surface area contributed by atoms with Crippen molar-refractivity contribution < 1.29 is 13.2 Å². The first-order valence-corrected chi connectivity index (χ1v) is 10.8. The van der Waals surface area contributed by atoms with Crippen LogP contribution < -0.4 is 10.6 Å². The van der Waals surface area contributed by atoms with Gasteiger partial charge in [0.2, 0.25) is 10.0 Å². The largest absolute Gasteiger partial charge is 0.334 e. The van der Waals surface area contributed by atoms with Crippen LogP contribution in [0.1, 0.15) is 5.56 Å². The lowest BCUT2D eigenvalue weighted by molar-refractivity contribution is 0.251. The summed E-state index contributed by atoms with van der Waals surface area (Å²) in [6.07, 6.45) is 0. The second kappa shape index (κ2) is 8.51. The number of urea groups is 1. The third kappa shape index (κ3) is 4.56. The second-order valence-electron chi connectivity index (χ2n) is 6.11. The van der Waals surface area contributed by atoms with Gasteiger partial charge in [0.1, 0.15) is 0 Å². The van der Waals surface area contributed by atoms with Gasteiger partial charge in [-0.1, -0.05) is 48.5 Å². The van der Waals surface area contributed by atoms with Gasteiger partial charge in [0.05, 0.1) is 10.6 Å². The highest BCUT2D eigenvalue weighted by Crippen LogP contribution is 2.24. The van der Waals surface area contributed by atoms with Gasteiger partial charge in [-0.3, -0.25) is 5.32 Å². The van der Waals surface area contributed by atoms with E-state index in [0.29, 0.717) is 10.7 Å². The number of benzene rings is 2. The van der Waals surface area contributed by atoms with Crippen LogP contribution in [-0.4, -0.2) is 37.8 Å². The molecule has 28 heavy (non-hydrogen) atoms. The maximum absolute atomic E-state index is 12.4. The fraction of sp³-hybridized carbons (Fsp3) is 0.158. The molecule has 0 saturated heterocycles. The highest BCUT2D eigenvalue weighted by atomic mass is 32.2. The summed E-state index contributed by atoms with van der Waals surface area (Å²) in [5, 5.41) is 7.69. The Kier molecular flexibility index (Phi) is 6.08. The fourth-order valence-corrected chi connectivity index (χ4v) is 4.32. The molecular formula is C19H20N4O3S2. The lowest BCUT2D eigenvalue weighted by Gasteiger charge is -2.15. The van der Waals surface area contributed by atoms with Crippen LogP contribution in [0.25, 0.3) is 11.3 Å². The van der Waals surface area contributed by atoms with Gasteiger partial charge in [-0.05, 0) is 11.6 Å². The van der Waals surface area contributed by atoms with E-state index in [1.807, 2.05) is 35.7 Å². The number of amides is 2. The topological polar surface area (TPSA) is 91.4 Å². The van der Waals surface area contributed by atoms with E-state index in [9.17, 15) is 13.2 Å². The van der Waals surface area contributed by atoms with Crippen molar-refractivity contribution in [3.63, 3.8) is 0 Å². The highest BCUT2D eigenvalue weighted by Gasteiger charge is 2.20. The van der Waals surface area contributed by atoms with Gasteiger partial charge >= 0.3 is 6.03 Å². The molecule has 1 heterocycles. The summed E-state index contributed by atoms with van der Waals surface area (Å²) in [6, 6.07) is 15.8. The second-order valence-corrected chi connectivity index (χ2v) is 9.09. The molecule has 2 amide bonds. The molecule has 146 valence electrons. The minimum absolute atomic E-state index is 0.0754. The lowest BCUT2D eigenvalue weighted by atomic mass is 10.2. The van der Waals surface area contributed by atoms with E-state index in [0.717, 1.165) is 15.6 Å². The van der Waals surface area contributed by atoms with Crippen LogP contribution in [0, 0.1) is 0 Å². The number of rotatable bonds is 6. The van der Waals surface area contributed by atoms with E-state index in [1.54, 1.807) is 18.2 Å². The van der Waals surface area contributed by atoms with Crippen LogP contribution in [0.3, 0.4) is 0 Å². The first-order chi connectivity index (χ1) is 13.4. The quantitative estimate of drug-likeness (QED) is 0.644. The molecule has 0 spiro atoms. The molecule has 0 saturated carbocycles. The summed E-state index contributed by atoms with van der Waals surface area (Å²) in [5.74, 6) is 0. The Morgan fingerprint density at radius 2 is 1.75 bits per heavy atom. The van der Waals surface area contributed by atoms with Gasteiger partial charge in [-0.2, -0.15) is 0 Å². The number of carbonyl (C=O) groups excluding carboxylic acids is 1. The van der Waals surface area contributed by atoms with Crippen LogP contribution in [0.15, 0.2) is 64.9 Å². The van der Waals surface area contributed by atoms with Crippen LogP contribution in [0.4, 0.5) is 9.93 Å². The average Bonchev–Trinajstić information content (AvgIpc) is 3.15. The molecule has 3 rings (SSSR count). The van der Waals surface area contributed by atoms with Gasteiger partial charge in [0.25, 0.3) is 0 Å². The van der Waals surface area contributed by atoms with Crippen molar-refractivity contribution in [1.29, 1.82) is 0 Å². The number of carbonyl (C=O) groups is 1. The van der Waals surface area contributed by atoms with Crippen LogP contribution in [-0.2, 0) is 16.6 Å². The van der Waals surface area contributed by atoms with Crippen LogP contribution >= 0.6 is 11.3 Å². The molecule has 0 unspecified atom stereocenters. The van der Waals surface area contributed by atoms with Gasteiger partial charge in [-0.15, -0.1) is 11.3 Å². The summed E-state index contributed by atoms with van der Waals surface area (Å²) < 4.78 is 26.0. The van der Waals surface area contributed by atoms with Crippen molar-refractivity contribution in [2.45, 2.75) is 11.4 Å². The first kappa shape index (κ1) is 20.0. The van der Waals surface area contributed by atoms with Crippen LogP contribution in [0.5, 0.6) is 0 Å². The van der Waals surface area contributed by atoms with E-state index in [2.05, 4.69) is 15.6 Å². The Hall–Kier alpha value is -2.75. The molecule has 0 bridgehead atoms. The zero-order valence-corrected chi connectivity index (χ0v) is 17.0. The van der Waals surface area contributed by atoms with Gasteiger partial charge in [0, 0.05) is 31.6 Å². The number of nitrogens with zero attached hydrogens (tertiary/aromatic N) is 2. The molecule has 3 aromatic rings. The minimum Gasteiger partial charge on any atom is -0.334 e. The third-order valence-electron chi connectivity index (χ3n) is 3.96. The molecule has 0 radical (unpaired) electrons. The summed E-state index contributed by atoms with van der Waals surface area (Å²) >= 11 is 1.32. The fourth-order valence-electron chi connectivity index (χ4n) is 2.49. The SMILES string of the molecule is CN(C)S(=O)(=O)c1ccccc1CNC(=O)Nc1nc(-c2ccccc2)cs1. The molecule has 0 aliphatic rings. The number of sulfonamides is 1. The van der Waals surface area contributed by atoms with E-state index >= 15 is 0 Å². The molecule has 2 aromatic carbocycles. The molecule has 0 aliphatic carbocycles. The molecule has 2 N–H and O–H groups in total. The van der Waals surface area contributed by atoms with E-state index < -0.39 is 16.1 Å². The Morgan fingerprint density at radius 3 is 2.46 bits per heavy atom. The summed E-state index contributed by atoms with van der Waals surface area (Å²) in [5.41, 5.74) is 2.26. The number of nitrogens with one attached hydrogen (secondary N) is 2. The van der Waals surface area contributed by atoms with Crippen molar-refractivity contribution in [3.8, 4) is 11.3 Å². The maximum atomic E-state index is 12.4. The Balaban J connectivity index is 1.65. The van der Waals surface area contributed by atoms with Crippen molar-refractivity contribution in [2.75, 3.05) is 19.4 Å². The standard InChI is InChI=1S/C19H20N4O3S2/c1-23(2)28(25,26)17-11-7-6-10-15(17)12-20-18(24)22-19-21-16(13-27-19)14-8-4-3-5-9-14/h3-11,13H,12H2,1-2H3,(H2,20,21,22,24). The van der Waals surface area contributed by atoms with Crippen LogP contribution in [0.2, 0.25) is 0 Å². The third-order valence-corrected chi connectivity index (χ3v) is 6.64. The van der Waals surface area contributed by atoms with E-state index in [1.165, 1.54) is 31.5 Å². The van der Waals surface area contributed by atoms with Gasteiger partial charge in [0.15, 0.2) is 5.13 Å².